The molecular weight excluding hydrogens is 228 g/mol. The minimum absolute atomic E-state index is 0.00704. The quantitative estimate of drug-likeness (QED) is 0.881. The molecule has 0 bridgehead atoms. The molecule has 0 radical (unpaired) electrons. The zero-order chi connectivity index (χ0) is 13.0. The van der Waals surface area contributed by atoms with Crippen molar-refractivity contribution in [1.29, 1.82) is 0 Å². The first-order valence-electron chi connectivity index (χ1n) is 6.02. The van der Waals surface area contributed by atoms with Gasteiger partial charge in [-0.15, -0.1) is 0 Å². The highest BCUT2D eigenvalue weighted by molar-refractivity contribution is 5.33. The molecule has 2 aromatic rings. The van der Waals surface area contributed by atoms with E-state index in [1.54, 1.807) is 19.6 Å². The van der Waals surface area contributed by atoms with Crippen LogP contribution in [-0.4, -0.2) is 18.6 Å². The summed E-state index contributed by atoms with van der Waals surface area (Å²) < 4.78 is 10.8. The maximum Gasteiger partial charge on any atom is 0.137 e. The van der Waals surface area contributed by atoms with Crippen molar-refractivity contribution in [3.63, 3.8) is 0 Å². The Morgan fingerprint density at radius 2 is 2.28 bits per heavy atom. The number of nitrogens with one attached hydrogen (secondary N) is 1. The summed E-state index contributed by atoms with van der Waals surface area (Å²) in [6, 6.07) is 3.95. The number of aromatic nitrogens is 1. The Morgan fingerprint density at radius 1 is 1.44 bits per heavy atom. The Hall–Kier alpha value is -1.81. The van der Waals surface area contributed by atoms with Gasteiger partial charge in [-0.3, -0.25) is 4.98 Å². The van der Waals surface area contributed by atoms with Crippen molar-refractivity contribution in [2.75, 3.05) is 13.7 Å². The molecule has 0 aromatic carbocycles. The molecule has 0 spiro atoms. The third-order valence-corrected chi connectivity index (χ3v) is 2.88. The molecule has 2 aromatic heterocycles. The maximum atomic E-state index is 5.58. The highest BCUT2D eigenvalue weighted by Crippen LogP contribution is 2.27. The summed E-state index contributed by atoms with van der Waals surface area (Å²) in [4.78, 5) is 4.19. The number of nitrogens with zero attached hydrogens (tertiary/aromatic N) is 1. The van der Waals surface area contributed by atoms with Crippen LogP contribution in [0.2, 0.25) is 0 Å². The van der Waals surface area contributed by atoms with E-state index in [-0.39, 0.29) is 6.04 Å². The molecule has 0 aliphatic carbocycles. The van der Waals surface area contributed by atoms with E-state index in [1.165, 1.54) is 0 Å². The maximum absolute atomic E-state index is 5.58. The first-order chi connectivity index (χ1) is 8.76. The Labute approximate surface area is 107 Å². The molecule has 18 heavy (non-hydrogen) atoms. The number of furan rings is 1. The summed E-state index contributed by atoms with van der Waals surface area (Å²) in [5.41, 5.74) is 2.16. The molecular formula is C14H18N2O2. The largest absolute Gasteiger partial charge is 0.495 e. The van der Waals surface area contributed by atoms with E-state index in [9.17, 15) is 0 Å². The van der Waals surface area contributed by atoms with Crippen molar-refractivity contribution in [2.45, 2.75) is 19.9 Å². The highest BCUT2D eigenvalue weighted by atomic mass is 16.5. The lowest BCUT2D eigenvalue weighted by Crippen LogP contribution is -2.22. The lowest BCUT2D eigenvalue weighted by Gasteiger charge is -2.17. The van der Waals surface area contributed by atoms with Gasteiger partial charge >= 0.3 is 0 Å². The molecule has 2 heterocycles. The van der Waals surface area contributed by atoms with Gasteiger partial charge in [0.2, 0.25) is 0 Å². The van der Waals surface area contributed by atoms with Crippen molar-refractivity contribution < 1.29 is 9.15 Å². The fraction of sp³-hybridized carbons (Fsp3) is 0.357. The molecule has 0 saturated carbocycles. The molecule has 0 fully saturated rings. The van der Waals surface area contributed by atoms with Crippen molar-refractivity contribution in [2.24, 2.45) is 0 Å². The van der Waals surface area contributed by atoms with Gasteiger partial charge in [-0.25, -0.2) is 0 Å². The van der Waals surface area contributed by atoms with Crippen molar-refractivity contribution in [1.82, 2.24) is 10.3 Å². The van der Waals surface area contributed by atoms with Crippen LogP contribution in [-0.2, 0) is 0 Å². The molecule has 1 atom stereocenters. The highest BCUT2D eigenvalue weighted by Gasteiger charge is 2.19. The second-order valence-corrected chi connectivity index (χ2v) is 4.12. The number of aryl methyl sites for hydroxylation is 1. The zero-order valence-corrected chi connectivity index (χ0v) is 10.9. The molecule has 2 rings (SSSR count). The van der Waals surface area contributed by atoms with E-state index < -0.39 is 0 Å². The molecule has 0 aliphatic rings. The van der Waals surface area contributed by atoms with Gasteiger partial charge in [0.15, 0.2) is 0 Å². The third kappa shape index (κ3) is 2.54. The third-order valence-electron chi connectivity index (χ3n) is 2.88. The average Bonchev–Trinajstić information content (AvgIpc) is 2.82. The van der Waals surface area contributed by atoms with Gasteiger partial charge in [-0.05, 0) is 36.7 Å². The average molecular weight is 246 g/mol. The second-order valence-electron chi connectivity index (χ2n) is 4.12. The van der Waals surface area contributed by atoms with Crippen LogP contribution in [0.25, 0.3) is 0 Å². The predicted molar refractivity (Wildman–Crippen MR) is 69.8 cm³/mol. The van der Waals surface area contributed by atoms with Crippen LogP contribution < -0.4 is 10.1 Å². The molecule has 4 nitrogen and oxygen atoms in total. The van der Waals surface area contributed by atoms with Crippen LogP contribution in [0.15, 0.2) is 35.2 Å². The normalized spacial score (nSPS) is 12.4. The van der Waals surface area contributed by atoms with Crippen LogP contribution in [0, 0.1) is 6.92 Å². The summed E-state index contributed by atoms with van der Waals surface area (Å²) >= 11 is 0. The molecule has 96 valence electrons. The summed E-state index contributed by atoms with van der Waals surface area (Å²) in [6.45, 7) is 4.96. The molecule has 0 amide bonds. The van der Waals surface area contributed by atoms with Gasteiger partial charge in [-0.2, -0.15) is 0 Å². The lowest BCUT2D eigenvalue weighted by atomic mass is 10.0. The van der Waals surface area contributed by atoms with Gasteiger partial charge in [0.05, 0.1) is 25.6 Å². The summed E-state index contributed by atoms with van der Waals surface area (Å²) in [6.07, 6.45) is 5.24. The molecule has 1 N–H and O–H groups in total. The van der Waals surface area contributed by atoms with Gasteiger partial charge < -0.3 is 14.5 Å². The van der Waals surface area contributed by atoms with E-state index >= 15 is 0 Å². The fourth-order valence-corrected chi connectivity index (χ4v) is 1.95. The number of hydrogen-bond donors (Lipinski definition) is 1. The number of methoxy groups -OCH3 is 1. The standard InChI is InChI=1S/C14H18N2O2/c1-4-16-13(14-10(2)5-6-18-14)11-7-12(17-3)9-15-8-11/h5-9,13,16H,4H2,1-3H3. The minimum atomic E-state index is 0.00704. The van der Waals surface area contributed by atoms with Crippen LogP contribution in [0.5, 0.6) is 5.75 Å². The Kier molecular flexibility index (Phi) is 3.99. The van der Waals surface area contributed by atoms with Crippen LogP contribution in [0.3, 0.4) is 0 Å². The smallest absolute Gasteiger partial charge is 0.137 e. The Bertz CT molecular complexity index is 508. The molecule has 0 aliphatic heterocycles. The van der Waals surface area contributed by atoms with Gasteiger partial charge in [0, 0.05) is 6.20 Å². The molecule has 1 unspecified atom stereocenters. The summed E-state index contributed by atoms with van der Waals surface area (Å²) in [5.74, 6) is 1.67. The topological polar surface area (TPSA) is 47.3 Å². The van der Waals surface area contributed by atoms with Crippen LogP contribution in [0.1, 0.15) is 29.9 Å². The second kappa shape index (κ2) is 5.69. The first kappa shape index (κ1) is 12.6. The summed E-state index contributed by atoms with van der Waals surface area (Å²) in [5, 5.41) is 3.40. The lowest BCUT2D eigenvalue weighted by molar-refractivity contribution is 0.409. The van der Waals surface area contributed by atoms with Crippen LogP contribution >= 0.6 is 0 Å². The zero-order valence-electron chi connectivity index (χ0n) is 10.9. The molecule has 0 saturated heterocycles. The Balaban J connectivity index is 2.38. The Morgan fingerprint density at radius 3 is 2.89 bits per heavy atom. The van der Waals surface area contributed by atoms with Gasteiger partial charge in [0.25, 0.3) is 0 Å². The van der Waals surface area contributed by atoms with Crippen molar-refractivity contribution in [3.8, 4) is 5.75 Å². The van der Waals surface area contributed by atoms with Gasteiger partial charge in [0.1, 0.15) is 11.5 Å². The van der Waals surface area contributed by atoms with Crippen molar-refractivity contribution in [3.05, 3.63) is 47.7 Å². The number of hydrogen-bond acceptors (Lipinski definition) is 4. The van der Waals surface area contributed by atoms with E-state index in [1.807, 2.05) is 25.3 Å². The van der Waals surface area contributed by atoms with Crippen LogP contribution in [0.4, 0.5) is 0 Å². The number of pyridine rings is 1. The van der Waals surface area contributed by atoms with Gasteiger partial charge in [-0.1, -0.05) is 6.92 Å². The fourth-order valence-electron chi connectivity index (χ4n) is 1.95. The van der Waals surface area contributed by atoms with Crippen molar-refractivity contribution >= 4 is 0 Å². The minimum Gasteiger partial charge on any atom is -0.495 e. The monoisotopic (exact) mass is 246 g/mol. The predicted octanol–water partition coefficient (Wildman–Crippen LogP) is 2.69. The van der Waals surface area contributed by atoms with E-state index in [4.69, 9.17) is 9.15 Å². The molecule has 4 heteroatoms. The first-order valence-corrected chi connectivity index (χ1v) is 6.02. The van der Waals surface area contributed by atoms with E-state index in [2.05, 4.69) is 17.2 Å². The number of rotatable bonds is 5. The van der Waals surface area contributed by atoms with E-state index in [0.717, 1.165) is 29.2 Å². The summed E-state index contributed by atoms with van der Waals surface area (Å²) in [7, 11) is 1.64. The SMILES string of the molecule is CCNC(c1cncc(OC)c1)c1occc1C. The van der Waals surface area contributed by atoms with E-state index in [0.29, 0.717) is 0 Å². The number of ether oxygens (including phenoxy) is 1.